The molecule has 2 aromatic heterocycles. The Hall–Kier alpha value is -3.08. The van der Waals surface area contributed by atoms with Gasteiger partial charge < -0.3 is 11.1 Å². The number of rotatable bonds is 9. The summed E-state index contributed by atoms with van der Waals surface area (Å²) >= 11 is 4.34. The third-order valence-corrected chi connectivity index (χ3v) is 8.52. The molecule has 180 valence electrons. The van der Waals surface area contributed by atoms with Crippen molar-refractivity contribution in [3.05, 3.63) is 82.5 Å². The van der Waals surface area contributed by atoms with E-state index in [0.29, 0.717) is 21.5 Å². The van der Waals surface area contributed by atoms with E-state index in [1.54, 1.807) is 18.7 Å². The molecule has 0 saturated carbocycles. The van der Waals surface area contributed by atoms with Crippen molar-refractivity contribution in [2.75, 3.05) is 5.32 Å². The number of thioether (sulfide) groups is 2. The Morgan fingerprint density at radius 2 is 1.71 bits per heavy atom. The quantitative estimate of drug-likeness (QED) is 0.283. The topological polar surface area (TPSA) is 103 Å². The van der Waals surface area contributed by atoms with Gasteiger partial charge in [-0.15, -0.1) is 33.3 Å². The van der Waals surface area contributed by atoms with Crippen molar-refractivity contribution < 1.29 is 9.59 Å². The molecule has 0 spiro atoms. The number of nitrogens with zero attached hydrogens (tertiary/aromatic N) is 3. The lowest BCUT2D eigenvalue weighted by Gasteiger charge is -2.14. The number of thiophene rings is 1. The molecular weight excluding hydrogens is 499 g/mol. The van der Waals surface area contributed by atoms with Crippen LogP contribution in [0.4, 0.5) is 5.00 Å². The third kappa shape index (κ3) is 5.77. The first-order chi connectivity index (χ1) is 16.8. The molecule has 2 heterocycles. The van der Waals surface area contributed by atoms with Gasteiger partial charge in [0.05, 0.1) is 16.6 Å². The number of hydrogen-bond donors (Lipinski definition) is 2. The van der Waals surface area contributed by atoms with Crippen LogP contribution in [0.5, 0.6) is 0 Å². The second-order valence-corrected chi connectivity index (χ2v) is 11.4. The number of amides is 2. The average Bonchev–Trinajstić information content (AvgIpc) is 3.38. The van der Waals surface area contributed by atoms with E-state index in [-0.39, 0.29) is 5.91 Å². The van der Waals surface area contributed by atoms with Gasteiger partial charge in [-0.3, -0.25) is 14.2 Å². The molecule has 0 saturated heterocycles. The second kappa shape index (κ2) is 11.1. The Labute approximate surface area is 216 Å². The number of anilines is 1. The van der Waals surface area contributed by atoms with Crippen LogP contribution in [0.1, 0.15) is 33.5 Å². The maximum absolute atomic E-state index is 13.0. The van der Waals surface area contributed by atoms with E-state index in [1.807, 2.05) is 66.9 Å². The van der Waals surface area contributed by atoms with Crippen LogP contribution >= 0.6 is 34.9 Å². The number of nitrogens with one attached hydrogen (secondary N) is 1. The van der Waals surface area contributed by atoms with E-state index >= 15 is 0 Å². The first kappa shape index (κ1) is 25.0. The van der Waals surface area contributed by atoms with Gasteiger partial charge in [0.2, 0.25) is 5.91 Å². The molecule has 0 fully saturated rings. The highest BCUT2D eigenvalue weighted by Gasteiger charge is 2.24. The number of hydrogen-bond acceptors (Lipinski definition) is 7. The first-order valence-corrected chi connectivity index (χ1v) is 13.6. The zero-order valence-electron chi connectivity index (χ0n) is 19.5. The fraction of sp³-hybridized carbons (Fsp3) is 0.200. The van der Waals surface area contributed by atoms with Crippen molar-refractivity contribution >= 4 is 51.7 Å². The van der Waals surface area contributed by atoms with Crippen molar-refractivity contribution in [2.45, 2.75) is 41.8 Å². The van der Waals surface area contributed by atoms with Gasteiger partial charge >= 0.3 is 0 Å². The number of benzene rings is 2. The lowest BCUT2D eigenvalue weighted by molar-refractivity contribution is -0.115. The zero-order chi connectivity index (χ0) is 24.9. The number of primary amides is 1. The van der Waals surface area contributed by atoms with Gasteiger partial charge in [0, 0.05) is 15.5 Å². The fourth-order valence-electron chi connectivity index (χ4n) is 3.41. The van der Waals surface area contributed by atoms with Gasteiger partial charge in [-0.05, 0) is 50.6 Å². The van der Waals surface area contributed by atoms with Crippen LogP contribution in [-0.4, -0.2) is 31.8 Å². The van der Waals surface area contributed by atoms with E-state index in [4.69, 9.17) is 5.73 Å². The number of para-hydroxylation sites is 1. The van der Waals surface area contributed by atoms with Gasteiger partial charge in [0.1, 0.15) is 10.8 Å². The Kier molecular flexibility index (Phi) is 7.94. The summed E-state index contributed by atoms with van der Waals surface area (Å²) in [5.41, 5.74) is 7.64. The predicted molar refractivity (Wildman–Crippen MR) is 144 cm³/mol. The van der Waals surface area contributed by atoms with E-state index in [0.717, 1.165) is 26.8 Å². The Morgan fingerprint density at radius 1 is 1.06 bits per heavy atom. The molecule has 35 heavy (non-hydrogen) atoms. The van der Waals surface area contributed by atoms with Gasteiger partial charge in [0.15, 0.2) is 5.16 Å². The van der Waals surface area contributed by atoms with Crippen LogP contribution < -0.4 is 11.1 Å². The molecule has 4 aromatic rings. The van der Waals surface area contributed by atoms with Crippen molar-refractivity contribution in [3.8, 4) is 5.69 Å². The van der Waals surface area contributed by atoms with Crippen LogP contribution in [0.15, 0.2) is 70.7 Å². The molecule has 2 amide bonds. The molecule has 4 rings (SSSR count). The van der Waals surface area contributed by atoms with Crippen molar-refractivity contribution in [2.24, 2.45) is 5.73 Å². The summed E-state index contributed by atoms with van der Waals surface area (Å²) in [5, 5.41) is 12.3. The van der Waals surface area contributed by atoms with Crippen LogP contribution in [0.25, 0.3) is 5.69 Å². The molecule has 0 aliphatic heterocycles. The minimum atomic E-state index is -0.549. The third-order valence-electron chi connectivity index (χ3n) is 5.35. The number of nitrogens with two attached hydrogens (primary N) is 1. The summed E-state index contributed by atoms with van der Waals surface area (Å²) in [6, 6.07) is 20.0. The smallest absolute Gasteiger partial charge is 0.251 e. The van der Waals surface area contributed by atoms with Gasteiger partial charge in [0.25, 0.3) is 5.91 Å². The minimum absolute atomic E-state index is 0.235. The Balaban J connectivity index is 1.55. The summed E-state index contributed by atoms with van der Waals surface area (Å²) in [6.45, 7) is 5.54. The van der Waals surface area contributed by atoms with Crippen molar-refractivity contribution in [3.63, 3.8) is 0 Å². The largest absolute Gasteiger partial charge is 0.365 e. The molecule has 1 atom stereocenters. The lowest BCUT2D eigenvalue weighted by Crippen LogP contribution is -2.24. The molecule has 0 aliphatic carbocycles. The number of aromatic nitrogens is 3. The summed E-state index contributed by atoms with van der Waals surface area (Å²) in [6.07, 6.45) is 0. The Bertz CT molecular complexity index is 1340. The molecule has 3 N–H and O–H groups in total. The van der Waals surface area contributed by atoms with Crippen LogP contribution in [0.2, 0.25) is 0 Å². The van der Waals surface area contributed by atoms with Crippen molar-refractivity contribution in [1.29, 1.82) is 0 Å². The van der Waals surface area contributed by atoms with E-state index < -0.39 is 11.2 Å². The molecule has 0 radical (unpaired) electrons. The SMILES string of the molecule is Cc1sc(NC(=O)C(C)Sc2nnc(CSc3ccccc3)n2-c2ccccc2)c(C(N)=O)c1C. The summed E-state index contributed by atoms with van der Waals surface area (Å²) < 4.78 is 1.98. The highest BCUT2D eigenvalue weighted by atomic mass is 32.2. The molecule has 7 nitrogen and oxygen atoms in total. The maximum atomic E-state index is 13.0. The van der Waals surface area contributed by atoms with E-state index in [2.05, 4.69) is 27.6 Å². The van der Waals surface area contributed by atoms with Crippen LogP contribution in [0, 0.1) is 13.8 Å². The lowest BCUT2D eigenvalue weighted by atomic mass is 10.1. The number of carbonyl (C=O) groups is 2. The molecule has 0 aliphatic rings. The highest BCUT2D eigenvalue weighted by Crippen LogP contribution is 2.34. The van der Waals surface area contributed by atoms with Gasteiger partial charge in [-0.25, -0.2) is 0 Å². The summed E-state index contributed by atoms with van der Waals surface area (Å²) in [4.78, 5) is 27.0. The summed E-state index contributed by atoms with van der Waals surface area (Å²) in [7, 11) is 0. The molecule has 0 bridgehead atoms. The zero-order valence-corrected chi connectivity index (χ0v) is 22.0. The highest BCUT2D eigenvalue weighted by molar-refractivity contribution is 8.00. The second-order valence-electron chi connectivity index (χ2n) is 7.77. The molecular formula is C25H25N5O2S3. The van der Waals surface area contributed by atoms with Gasteiger partial charge in [-0.2, -0.15) is 0 Å². The van der Waals surface area contributed by atoms with E-state index in [9.17, 15) is 9.59 Å². The maximum Gasteiger partial charge on any atom is 0.251 e. The van der Waals surface area contributed by atoms with Crippen LogP contribution in [-0.2, 0) is 10.5 Å². The first-order valence-electron chi connectivity index (χ1n) is 10.9. The summed E-state index contributed by atoms with van der Waals surface area (Å²) in [5.74, 6) is 0.636. The minimum Gasteiger partial charge on any atom is -0.365 e. The molecule has 2 aromatic carbocycles. The monoisotopic (exact) mass is 523 g/mol. The standard InChI is InChI=1S/C25H25N5O2S3/c1-15-16(2)34-24(21(15)22(26)31)27-23(32)17(3)35-25-29-28-20(14-33-19-12-8-5-9-13-19)30(25)18-10-6-4-7-11-18/h4-13,17H,14H2,1-3H3,(H2,26,31)(H,27,32). The van der Waals surface area contributed by atoms with Crippen molar-refractivity contribution in [1.82, 2.24) is 14.8 Å². The Morgan fingerprint density at radius 3 is 2.37 bits per heavy atom. The van der Waals surface area contributed by atoms with E-state index in [1.165, 1.54) is 23.1 Å². The predicted octanol–water partition coefficient (Wildman–Crippen LogP) is 5.46. The van der Waals surface area contributed by atoms with Crippen LogP contribution in [0.3, 0.4) is 0 Å². The molecule has 10 heteroatoms. The average molecular weight is 524 g/mol. The normalized spacial score (nSPS) is 11.9. The number of carbonyl (C=O) groups excluding carboxylic acids is 2. The van der Waals surface area contributed by atoms with Gasteiger partial charge in [-0.1, -0.05) is 48.2 Å². The number of aryl methyl sites for hydroxylation is 1. The molecule has 1 unspecified atom stereocenters. The fourth-order valence-corrected chi connectivity index (χ4v) is 6.20.